The van der Waals surface area contributed by atoms with E-state index in [-0.39, 0.29) is 22.3 Å². The third-order valence-electron chi connectivity index (χ3n) is 3.50. The largest absolute Gasteiger partial charge is 0.479 e. The van der Waals surface area contributed by atoms with Crippen molar-refractivity contribution in [1.29, 1.82) is 0 Å². The summed E-state index contributed by atoms with van der Waals surface area (Å²) in [5, 5.41) is 8.24. The van der Waals surface area contributed by atoms with Crippen molar-refractivity contribution in [1.82, 2.24) is 4.90 Å². The van der Waals surface area contributed by atoms with E-state index in [1.54, 1.807) is 13.0 Å². The lowest BCUT2D eigenvalue weighted by atomic mass is 10.2. The van der Waals surface area contributed by atoms with Gasteiger partial charge in [0.15, 0.2) is 12.4 Å². The van der Waals surface area contributed by atoms with E-state index in [0.29, 0.717) is 21.8 Å². The fourth-order valence-electron chi connectivity index (χ4n) is 2.27. The molecule has 150 valence electrons. The number of carbonyl (C=O) groups excluding carboxylic acids is 3. The number of thioether (sulfide) groups is 1. The van der Waals surface area contributed by atoms with Crippen molar-refractivity contribution in [3.63, 3.8) is 0 Å². The standard InChI is InChI=1S/C17H15BrClNO7S/c1-3-26-16(24)8(2)20-15(23)12(28-17(20)25)6-9-4-10(18)14(11(19)5-9)27-7-13(21)22/h4-6,8H,3,7H2,1-2H3,(H,21,22)/b12-6-/t8-/m1/s1. The van der Waals surface area contributed by atoms with Gasteiger partial charge in [-0.3, -0.25) is 14.5 Å². The smallest absolute Gasteiger partial charge is 0.341 e. The first kappa shape index (κ1) is 22.3. The molecule has 1 aliphatic rings. The molecule has 0 bridgehead atoms. The number of carbonyl (C=O) groups is 4. The summed E-state index contributed by atoms with van der Waals surface area (Å²) in [6, 6.07) is 1.98. The van der Waals surface area contributed by atoms with Gasteiger partial charge in [-0.15, -0.1) is 0 Å². The predicted molar refractivity (Wildman–Crippen MR) is 106 cm³/mol. The number of hydrogen-bond donors (Lipinski definition) is 1. The van der Waals surface area contributed by atoms with Gasteiger partial charge in [0.05, 0.1) is 21.0 Å². The fraction of sp³-hybridized carbons (Fsp3) is 0.294. The van der Waals surface area contributed by atoms with E-state index in [9.17, 15) is 19.2 Å². The van der Waals surface area contributed by atoms with Crippen LogP contribution in [0.15, 0.2) is 21.5 Å². The molecule has 2 rings (SSSR count). The first-order valence-corrected chi connectivity index (χ1v) is 9.91. The zero-order valence-electron chi connectivity index (χ0n) is 14.7. The van der Waals surface area contributed by atoms with Crippen LogP contribution in [0.25, 0.3) is 6.08 Å². The van der Waals surface area contributed by atoms with E-state index in [4.69, 9.17) is 26.2 Å². The van der Waals surface area contributed by atoms with Crippen molar-refractivity contribution >= 4 is 68.5 Å². The van der Waals surface area contributed by atoms with Crippen molar-refractivity contribution in [2.45, 2.75) is 19.9 Å². The van der Waals surface area contributed by atoms with Crippen LogP contribution in [-0.2, 0) is 19.1 Å². The Bertz CT molecular complexity index is 850. The Morgan fingerprint density at radius 3 is 2.64 bits per heavy atom. The van der Waals surface area contributed by atoms with Gasteiger partial charge in [-0.1, -0.05) is 11.6 Å². The van der Waals surface area contributed by atoms with Gasteiger partial charge < -0.3 is 14.6 Å². The summed E-state index contributed by atoms with van der Waals surface area (Å²) in [6.07, 6.45) is 1.44. The van der Waals surface area contributed by atoms with Gasteiger partial charge in [0.1, 0.15) is 6.04 Å². The summed E-state index contributed by atoms with van der Waals surface area (Å²) < 4.78 is 10.3. The number of imide groups is 1. The highest BCUT2D eigenvalue weighted by Gasteiger charge is 2.41. The van der Waals surface area contributed by atoms with Crippen LogP contribution in [0.5, 0.6) is 5.75 Å². The lowest BCUT2D eigenvalue weighted by Gasteiger charge is -2.19. The van der Waals surface area contributed by atoms with Gasteiger partial charge in [-0.05, 0) is 65.3 Å². The summed E-state index contributed by atoms with van der Waals surface area (Å²) in [5.41, 5.74) is 0.480. The van der Waals surface area contributed by atoms with Crippen LogP contribution in [0, 0.1) is 0 Å². The van der Waals surface area contributed by atoms with Crippen LogP contribution in [0.2, 0.25) is 5.02 Å². The summed E-state index contributed by atoms with van der Waals surface area (Å²) in [7, 11) is 0. The minimum absolute atomic E-state index is 0.114. The fourth-order valence-corrected chi connectivity index (χ4v) is 4.17. The van der Waals surface area contributed by atoms with Gasteiger partial charge in [0, 0.05) is 0 Å². The highest BCUT2D eigenvalue weighted by molar-refractivity contribution is 9.10. The number of halogens is 2. The van der Waals surface area contributed by atoms with Crippen molar-refractivity contribution in [2.24, 2.45) is 0 Å². The number of nitrogens with zero attached hydrogens (tertiary/aromatic N) is 1. The van der Waals surface area contributed by atoms with E-state index < -0.39 is 35.7 Å². The molecule has 1 aliphatic heterocycles. The average Bonchev–Trinajstić information content (AvgIpc) is 2.87. The van der Waals surface area contributed by atoms with Crippen LogP contribution in [0.1, 0.15) is 19.4 Å². The minimum Gasteiger partial charge on any atom is -0.479 e. The van der Waals surface area contributed by atoms with Gasteiger partial charge >= 0.3 is 11.9 Å². The second-order valence-electron chi connectivity index (χ2n) is 5.48. The van der Waals surface area contributed by atoms with Gasteiger partial charge in [0.2, 0.25) is 0 Å². The number of rotatable bonds is 7. The Morgan fingerprint density at radius 1 is 1.39 bits per heavy atom. The molecule has 0 spiro atoms. The quantitative estimate of drug-likeness (QED) is 0.454. The number of aliphatic carboxylic acids is 1. The summed E-state index contributed by atoms with van der Waals surface area (Å²) in [6.45, 7) is 2.61. The Labute approximate surface area is 177 Å². The molecule has 0 unspecified atom stereocenters. The maximum Gasteiger partial charge on any atom is 0.341 e. The Hall–Kier alpha value is -2.04. The molecule has 11 heteroatoms. The third kappa shape index (κ3) is 5.06. The van der Waals surface area contributed by atoms with E-state index in [0.717, 1.165) is 4.90 Å². The molecule has 1 fully saturated rings. The van der Waals surface area contributed by atoms with Crippen molar-refractivity contribution in [3.05, 3.63) is 32.1 Å². The number of hydrogen-bond acceptors (Lipinski definition) is 7. The van der Waals surface area contributed by atoms with Crippen molar-refractivity contribution in [3.8, 4) is 5.75 Å². The molecule has 1 saturated heterocycles. The van der Waals surface area contributed by atoms with Crippen molar-refractivity contribution < 1.29 is 33.8 Å². The monoisotopic (exact) mass is 491 g/mol. The van der Waals surface area contributed by atoms with Crippen molar-refractivity contribution in [2.75, 3.05) is 13.2 Å². The van der Waals surface area contributed by atoms with E-state index in [1.807, 2.05) is 0 Å². The van der Waals surface area contributed by atoms with Gasteiger partial charge in [0.25, 0.3) is 11.1 Å². The second-order valence-corrected chi connectivity index (χ2v) is 7.73. The van der Waals surface area contributed by atoms with Crippen LogP contribution in [0.3, 0.4) is 0 Å². The number of esters is 1. The molecule has 0 aliphatic carbocycles. The maximum atomic E-state index is 12.6. The molecule has 8 nitrogen and oxygen atoms in total. The molecule has 0 aromatic heterocycles. The van der Waals surface area contributed by atoms with Crippen LogP contribution >= 0.6 is 39.3 Å². The number of carboxylic acid groups (broad SMARTS) is 1. The zero-order valence-corrected chi connectivity index (χ0v) is 17.9. The lowest BCUT2D eigenvalue weighted by molar-refractivity contribution is -0.150. The SMILES string of the molecule is CCOC(=O)[C@@H](C)N1C(=O)S/C(=C\c2cc(Cl)c(OCC(=O)O)c(Br)c2)C1=O. The van der Waals surface area contributed by atoms with Gasteiger partial charge in [-0.2, -0.15) is 0 Å². The maximum absolute atomic E-state index is 12.6. The topological polar surface area (TPSA) is 110 Å². The number of benzene rings is 1. The minimum atomic E-state index is -1.16. The highest BCUT2D eigenvalue weighted by Crippen LogP contribution is 2.38. The van der Waals surface area contributed by atoms with E-state index in [1.165, 1.54) is 19.1 Å². The summed E-state index contributed by atoms with van der Waals surface area (Å²) in [5.74, 6) is -2.30. The molecule has 0 radical (unpaired) electrons. The molecule has 0 saturated carbocycles. The first-order valence-electron chi connectivity index (χ1n) is 7.93. The number of amides is 2. The Kier molecular flexibility index (Phi) is 7.50. The Balaban J connectivity index is 2.26. The Morgan fingerprint density at radius 2 is 2.07 bits per heavy atom. The molecule has 1 aromatic carbocycles. The van der Waals surface area contributed by atoms with Crippen LogP contribution in [-0.4, -0.2) is 52.3 Å². The zero-order chi connectivity index (χ0) is 21.0. The average molecular weight is 493 g/mol. The molecule has 1 heterocycles. The summed E-state index contributed by atoms with van der Waals surface area (Å²) in [4.78, 5) is 48.2. The molecule has 28 heavy (non-hydrogen) atoms. The number of ether oxygens (including phenoxy) is 2. The molecule has 2 amide bonds. The normalized spacial score (nSPS) is 16.4. The molecule has 1 N–H and O–H groups in total. The summed E-state index contributed by atoms with van der Waals surface area (Å²) >= 11 is 10.0. The van der Waals surface area contributed by atoms with Crippen LogP contribution in [0.4, 0.5) is 4.79 Å². The number of carboxylic acids is 1. The molecular weight excluding hydrogens is 478 g/mol. The molecule has 1 atom stereocenters. The third-order valence-corrected chi connectivity index (χ3v) is 5.25. The predicted octanol–water partition coefficient (Wildman–Crippen LogP) is 3.55. The second kappa shape index (κ2) is 9.44. The van der Waals surface area contributed by atoms with E-state index >= 15 is 0 Å². The van der Waals surface area contributed by atoms with Crippen LogP contribution < -0.4 is 4.74 Å². The lowest BCUT2D eigenvalue weighted by Crippen LogP contribution is -2.42. The highest BCUT2D eigenvalue weighted by atomic mass is 79.9. The van der Waals surface area contributed by atoms with E-state index in [2.05, 4.69) is 15.9 Å². The molecular formula is C17H15BrClNO7S. The first-order chi connectivity index (χ1) is 13.1. The van der Waals surface area contributed by atoms with Gasteiger partial charge in [-0.25, -0.2) is 9.59 Å². The molecule has 1 aromatic rings.